The molecular weight excluding hydrogens is 308 g/mol. The van der Waals surface area contributed by atoms with Gasteiger partial charge in [0, 0.05) is 36.4 Å². The van der Waals surface area contributed by atoms with Crippen molar-refractivity contribution in [1.82, 2.24) is 9.47 Å². The van der Waals surface area contributed by atoms with Gasteiger partial charge in [-0.05, 0) is 35.7 Å². The normalized spacial score (nSPS) is 11.0. The Hall–Kier alpha value is -1.74. The molecule has 23 heavy (non-hydrogen) atoms. The first-order chi connectivity index (χ1) is 11.0. The Kier molecular flexibility index (Phi) is 6.28. The predicted molar refractivity (Wildman–Crippen MR) is 95.5 cm³/mol. The van der Waals surface area contributed by atoms with Gasteiger partial charge in [0.1, 0.15) is 0 Å². The van der Waals surface area contributed by atoms with Gasteiger partial charge in [0.05, 0.1) is 6.54 Å². The van der Waals surface area contributed by atoms with Crippen LogP contribution in [-0.2, 0) is 17.9 Å². The standard InChI is InChI=1S/C19H25ClN2O/c1-4-19(23)22(12-15(2)3)14-18-9-6-10-21(18)13-16-7-5-8-17(20)11-16/h5-11,15H,4,12-14H2,1-3H3. The van der Waals surface area contributed by atoms with Crippen LogP contribution in [-0.4, -0.2) is 21.9 Å². The van der Waals surface area contributed by atoms with Crippen molar-refractivity contribution in [3.63, 3.8) is 0 Å². The van der Waals surface area contributed by atoms with Crippen LogP contribution in [0.5, 0.6) is 0 Å². The fourth-order valence-corrected chi connectivity index (χ4v) is 2.91. The van der Waals surface area contributed by atoms with E-state index in [-0.39, 0.29) is 5.91 Å². The lowest BCUT2D eigenvalue weighted by Crippen LogP contribution is -2.33. The second-order valence-corrected chi connectivity index (χ2v) is 6.72. The van der Waals surface area contributed by atoms with E-state index in [0.717, 1.165) is 29.4 Å². The van der Waals surface area contributed by atoms with Crippen molar-refractivity contribution in [3.8, 4) is 0 Å². The first-order valence-corrected chi connectivity index (χ1v) is 8.53. The zero-order valence-electron chi connectivity index (χ0n) is 14.1. The summed E-state index contributed by atoms with van der Waals surface area (Å²) in [6.45, 7) is 8.40. The van der Waals surface area contributed by atoms with Gasteiger partial charge in [-0.2, -0.15) is 0 Å². The summed E-state index contributed by atoms with van der Waals surface area (Å²) in [6, 6.07) is 12.0. The maximum absolute atomic E-state index is 12.2. The van der Waals surface area contributed by atoms with Crippen LogP contribution in [0, 0.1) is 5.92 Å². The monoisotopic (exact) mass is 332 g/mol. The summed E-state index contributed by atoms with van der Waals surface area (Å²) < 4.78 is 2.18. The third-order valence-electron chi connectivity index (χ3n) is 3.76. The highest BCUT2D eigenvalue weighted by Gasteiger charge is 2.15. The summed E-state index contributed by atoms with van der Waals surface area (Å²) in [4.78, 5) is 14.1. The molecular formula is C19H25ClN2O. The Bertz CT molecular complexity index is 648. The lowest BCUT2D eigenvalue weighted by molar-refractivity contribution is -0.132. The van der Waals surface area contributed by atoms with E-state index in [1.54, 1.807) is 0 Å². The second-order valence-electron chi connectivity index (χ2n) is 6.28. The van der Waals surface area contributed by atoms with Crippen LogP contribution in [0.25, 0.3) is 0 Å². The Morgan fingerprint density at radius 1 is 1.26 bits per heavy atom. The number of carbonyl (C=O) groups is 1. The van der Waals surface area contributed by atoms with Gasteiger partial charge in [-0.1, -0.05) is 44.5 Å². The van der Waals surface area contributed by atoms with Gasteiger partial charge >= 0.3 is 0 Å². The Balaban J connectivity index is 2.14. The van der Waals surface area contributed by atoms with E-state index in [1.165, 1.54) is 0 Å². The van der Waals surface area contributed by atoms with Crippen molar-refractivity contribution in [2.75, 3.05) is 6.54 Å². The van der Waals surface area contributed by atoms with Crippen LogP contribution >= 0.6 is 11.6 Å². The highest BCUT2D eigenvalue weighted by Crippen LogP contribution is 2.15. The summed E-state index contributed by atoms with van der Waals surface area (Å²) in [5.74, 6) is 0.663. The number of benzene rings is 1. The van der Waals surface area contributed by atoms with Crippen molar-refractivity contribution in [3.05, 3.63) is 58.9 Å². The predicted octanol–water partition coefficient (Wildman–Crippen LogP) is 4.58. The highest BCUT2D eigenvalue weighted by atomic mass is 35.5. The maximum atomic E-state index is 12.2. The van der Waals surface area contributed by atoms with Gasteiger partial charge in [0.25, 0.3) is 0 Å². The molecule has 0 aliphatic heterocycles. The van der Waals surface area contributed by atoms with Gasteiger partial charge in [0.2, 0.25) is 5.91 Å². The van der Waals surface area contributed by atoms with E-state index < -0.39 is 0 Å². The molecule has 124 valence electrons. The van der Waals surface area contributed by atoms with Crippen molar-refractivity contribution < 1.29 is 4.79 Å². The van der Waals surface area contributed by atoms with Crippen LogP contribution < -0.4 is 0 Å². The van der Waals surface area contributed by atoms with Crippen molar-refractivity contribution >= 4 is 17.5 Å². The van der Waals surface area contributed by atoms with E-state index in [9.17, 15) is 4.79 Å². The average molecular weight is 333 g/mol. The molecule has 0 spiro atoms. The number of carbonyl (C=O) groups excluding carboxylic acids is 1. The lowest BCUT2D eigenvalue weighted by atomic mass is 10.2. The Morgan fingerprint density at radius 2 is 2.04 bits per heavy atom. The number of hydrogen-bond donors (Lipinski definition) is 0. The van der Waals surface area contributed by atoms with Crippen molar-refractivity contribution in [2.24, 2.45) is 5.92 Å². The number of aromatic nitrogens is 1. The second kappa shape index (κ2) is 8.21. The molecule has 1 aromatic heterocycles. The molecule has 0 unspecified atom stereocenters. The zero-order valence-corrected chi connectivity index (χ0v) is 14.9. The van der Waals surface area contributed by atoms with Gasteiger partial charge in [-0.25, -0.2) is 0 Å². The third-order valence-corrected chi connectivity index (χ3v) is 3.99. The number of rotatable bonds is 7. The minimum Gasteiger partial charge on any atom is -0.345 e. The largest absolute Gasteiger partial charge is 0.345 e. The molecule has 0 bridgehead atoms. The average Bonchev–Trinajstić information content (AvgIpc) is 2.92. The minimum absolute atomic E-state index is 0.203. The molecule has 2 aromatic rings. The Morgan fingerprint density at radius 3 is 2.70 bits per heavy atom. The summed E-state index contributed by atoms with van der Waals surface area (Å²) in [7, 11) is 0. The van der Waals surface area contributed by atoms with E-state index in [1.807, 2.05) is 36.1 Å². The number of nitrogens with zero attached hydrogens (tertiary/aromatic N) is 2. The lowest BCUT2D eigenvalue weighted by Gasteiger charge is -2.25. The van der Waals surface area contributed by atoms with Crippen molar-refractivity contribution in [2.45, 2.75) is 40.3 Å². The summed E-state index contributed by atoms with van der Waals surface area (Å²) >= 11 is 6.06. The minimum atomic E-state index is 0.203. The SMILES string of the molecule is CCC(=O)N(Cc1cccn1Cc1cccc(Cl)c1)CC(C)C. The summed E-state index contributed by atoms with van der Waals surface area (Å²) in [6.07, 6.45) is 2.60. The summed E-state index contributed by atoms with van der Waals surface area (Å²) in [5.41, 5.74) is 2.31. The van der Waals surface area contributed by atoms with E-state index >= 15 is 0 Å². The molecule has 0 fully saturated rings. The molecule has 2 rings (SSSR count). The van der Waals surface area contributed by atoms with Crippen LogP contribution in [0.2, 0.25) is 5.02 Å². The molecule has 4 heteroatoms. The molecule has 1 aromatic carbocycles. The molecule has 0 saturated carbocycles. The molecule has 0 N–H and O–H groups in total. The van der Waals surface area contributed by atoms with Crippen LogP contribution in [0.4, 0.5) is 0 Å². The molecule has 0 radical (unpaired) electrons. The molecule has 3 nitrogen and oxygen atoms in total. The molecule has 1 heterocycles. The van der Waals surface area contributed by atoms with Gasteiger partial charge < -0.3 is 9.47 Å². The molecule has 0 aliphatic carbocycles. The van der Waals surface area contributed by atoms with E-state index in [0.29, 0.717) is 18.9 Å². The van der Waals surface area contributed by atoms with Crippen molar-refractivity contribution in [1.29, 1.82) is 0 Å². The molecule has 0 aliphatic rings. The van der Waals surface area contributed by atoms with Gasteiger partial charge in [0.15, 0.2) is 0 Å². The van der Waals surface area contributed by atoms with Crippen LogP contribution in [0.15, 0.2) is 42.6 Å². The quantitative estimate of drug-likeness (QED) is 0.728. The molecule has 0 saturated heterocycles. The van der Waals surface area contributed by atoms with E-state index in [2.05, 4.69) is 36.7 Å². The maximum Gasteiger partial charge on any atom is 0.222 e. The fourth-order valence-electron chi connectivity index (χ4n) is 2.69. The zero-order chi connectivity index (χ0) is 16.8. The number of amides is 1. The van der Waals surface area contributed by atoms with E-state index in [4.69, 9.17) is 11.6 Å². The summed E-state index contributed by atoms with van der Waals surface area (Å²) in [5, 5.41) is 0.749. The smallest absolute Gasteiger partial charge is 0.222 e. The number of halogens is 1. The third kappa shape index (κ3) is 5.14. The topological polar surface area (TPSA) is 25.2 Å². The number of hydrogen-bond acceptors (Lipinski definition) is 1. The van der Waals surface area contributed by atoms with Gasteiger partial charge in [-0.15, -0.1) is 0 Å². The molecule has 1 amide bonds. The van der Waals surface area contributed by atoms with Crippen LogP contribution in [0.1, 0.15) is 38.4 Å². The van der Waals surface area contributed by atoms with Crippen LogP contribution in [0.3, 0.4) is 0 Å². The first-order valence-electron chi connectivity index (χ1n) is 8.15. The Labute approximate surface area is 143 Å². The fraction of sp³-hybridized carbons (Fsp3) is 0.421. The first kappa shape index (κ1) is 17.6. The van der Waals surface area contributed by atoms with Gasteiger partial charge in [-0.3, -0.25) is 4.79 Å². The molecule has 0 atom stereocenters. The highest BCUT2D eigenvalue weighted by molar-refractivity contribution is 6.30.